The van der Waals surface area contributed by atoms with E-state index in [4.69, 9.17) is 25.9 Å². The van der Waals surface area contributed by atoms with Gasteiger partial charge in [0.25, 0.3) is 0 Å². The summed E-state index contributed by atoms with van der Waals surface area (Å²) in [6, 6.07) is 7.54. The monoisotopic (exact) mass is 557 g/mol. The lowest BCUT2D eigenvalue weighted by atomic mass is 10.1. The zero-order valence-electron chi connectivity index (χ0n) is 21.3. The average Bonchev–Trinajstić information content (AvgIpc) is 2.94. The number of hydroxylamine groups is 1. The lowest BCUT2D eigenvalue weighted by Crippen LogP contribution is -2.33. The van der Waals surface area contributed by atoms with Gasteiger partial charge in [-0.1, -0.05) is 18.2 Å². The molecule has 1 aliphatic rings. The number of nitrogens with zero attached hydrogens (tertiary/aromatic N) is 2. The van der Waals surface area contributed by atoms with Gasteiger partial charge in [0, 0.05) is 36.6 Å². The number of anilines is 3. The maximum absolute atomic E-state index is 13.6. The second kappa shape index (κ2) is 13.3. The molecule has 1 saturated heterocycles. The summed E-state index contributed by atoms with van der Waals surface area (Å²) in [6.07, 6.45) is 4.95. The maximum Gasteiger partial charge on any atom is 0.247 e. The molecule has 0 saturated carbocycles. The standard InChI is InChI=1S/C27H29ClFN5O5/c1-3-24(35)33-22-13-18-21(30-15-31-27(18)32-17-8-9-20(29)19(28)12-17)14-23(22)38-16(2)7-10-25(36)34-39-26-6-4-5-11-37-26/h3,8-9,12-16,26H,1,4-7,10-11H2,2H3,(H,33,35)(H,34,36)(H,30,31,32). The van der Waals surface area contributed by atoms with Crippen LogP contribution in [0.15, 0.2) is 49.3 Å². The molecule has 2 aromatic carbocycles. The third-order valence-electron chi connectivity index (χ3n) is 5.91. The minimum Gasteiger partial charge on any atom is -0.488 e. The van der Waals surface area contributed by atoms with Gasteiger partial charge in [0.2, 0.25) is 11.8 Å². The number of hydrogen-bond acceptors (Lipinski definition) is 8. The van der Waals surface area contributed by atoms with E-state index < -0.39 is 18.0 Å². The summed E-state index contributed by atoms with van der Waals surface area (Å²) < 4.78 is 25.1. The Balaban J connectivity index is 1.48. The molecule has 0 aliphatic carbocycles. The first-order chi connectivity index (χ1) is 18.8. The molecule has 2 unspecified atom stereocenters. The molecule has 3 N–H and O–H groups in total. The number of hydrogen-bond donors (Lipinski definition) is 3. The molecule has 4 rings (SSSR count). The molecule has 1 fully saturated rings. The predicted molar refractivity (Wildman–Crippen MR) is 145 cm³/mol. The Morgan fingerprint density at radius 1 is 1.28 bits per heavy atom. The number of halogens is 2. The van der Waals surface area contributed by atoms with Crippen LogP contribution < -0.4 is 20.9 Å². The van der Waals surface area contributed by atoms with Crippen LogP contribution in [0.4, 0.5) is 21.6 Å². The van der Waals surface area contributed by atoms with Crippen LogP contribution in [0.25, 0.3) is 10.9 Å². The lowest BCUT2D eigenvalue weighted by molar-refractivity contribution is -0.200. The van der Waals surface area contributed by atoms with Gasteiger partial charge in [-0.05, 0) is 56.5 Å². The molecule has 2 atom stereocenters. The van der Waals surface area contributed by atoms with Crippen molar-refractivity contribution < 1.29 is 28.3 Å². The van der Waals surface area contributed by atoms with E-state index in [9.17, 15) is 14.0 Å². The van der Waals surface area contributed by atoms with Crippen LogP contribution >= 0.6 is 11.6 Å². The highest BCUT2D eigenvalue weighted by atomic mass is 35.5. The second-order valence-electron chi connectivity index (χ2n) is 8.94. The molecule has 10 nitrogen and oxygen atoms in total. The van der Waals surface area contributed by atoms with E-state index in [1.54, 1.807) is 12.1 Å². The van der Waals surface area contributed by atoms with Crippen molar-refractivity contribution >= 4 is 51.5 Å². The smallest absolute Gasteiger partial charge is 0.247 e. The van der Waals surface area contributed by atoms with Crippen molar-refractivity contribution in [2.24, 2.45) is 0 Å². The SMILES string of the molecule is C=CC(=O)Nc1cc2c(Nc3ccc(F)c(Cl)c3)ncnc2cc1OC(C)CCC(=O)NOC1CCCCO1. The number of amides is 2. The number of benzene rings is 2. The van der Waals surface area contributed by atoms with E-state index in [1.165, 1.54) is 24.5 Å². The van der Waals surface area contributed by atoms with Crippen LogP contribution in [0.5, 0.6) is 5.75 Å². The molecule has 0 radical (unpaired) electrons. The van der Waals surface area contributed by atoms with Crippen LogP contribution in [0.2, 0.25) is 5.02 Å². The number of nitrogens with one attached hydrogen (secondary N) is 3. The first-order valence-electron chi connectivity index (χ1n) is 12.5. The highest BCUT2D eigenvalue weighted by molar-refractivity contribution is 6.31. The molecule has 1 aliphatic heterocycles. The van der Waals surface area contributed by atoms with Crippen molar-refractivity contribution in [2.75, 3.05) is 17.2 Å². The van der Waals surface area contributed by atoms with Gasteiger partial charge in [0.15, 0.2) is 6.29 Å². The summed E-state index contributed by atoms with van der Waals surface area (Å²) in [7, 11) is 0. The fraction of sp³-hybridized carbons (Fsp3) is 0.333. The fourth-order valence-electron chi connectivity index (χ4n) is 3.87. The summed E-state index contributed by atoms with van der Waals surface area (Å²) in [6.45, 7) is 5.93. The third kappa shape index (κ3) is 7.85. The van der Waals surface area contributed by atoms with E-state index in [0.29, 0.717) is 46.9 Å². The van der Waals surface area contributed by atoms with Crippen LogP contribution in [0, 0.1) is 5.82 Å². The Kier molecular flexibility index (Phi) is 9.64. The highest BCUT2D eigenvalue weighted by Gasteiger charge is 2.18. The molecule has 0 spiro atoms. The lowest BCUT2D eigenvalue weighted by Gasteiger charge is -2.22. The van der Waals surface area contributed by atoms with Crippen LogP contribution in [0.1, 0.15) is 39.0 Å². The number of fused-ring (bicyclic) bond motifs is 1. The number of carbonyl (C=O) groups excluding carboxylic acids is 2. The number of ether oxygens (including phenoxy) is 2. The van der Waals surface area contributed by atoms with Gasteiger partial charge in [-0.2, -0.15) is 0 Å². The summed E-state index contributed by atoms with van der Waals surface area (Å²) in [4.78, 5) is 38.3. The van der Waals surface area contributed by atoms with E-state index in [-0.39, 0.29) is 23.5 Å². The van der Waals surface area contributed by atoms with Crippen LogP contribution in [0.3, 0.4) is 0 Å². The van der Waals surface area contributed by atoms with E-state index in [1.807, 2.05) is 6.92 Å². The topological polar surface area (TPSA) is 124 Å². The average molecular weight is 558 g/mol. The minimum atomic E-state index is -0.539. The van der Waals surface area contributed by atoms with Crippen molar-refractivity contribution in [2.45, 2.75) is 51.4 Å². The first-order valence-corrected chi connectivity index (χ1v) is 12.9. The largest absolute Gasteiger partial charge is 0.488 e. The summed E-state index contributed by atoms with van der Waals surface area (Å²) in [5.41, 5.74) is 3.83. The summed E-state index contributed by atoms with van der Waals surface area (Å²) in [5, 5.41) is 6.37. The number of rotatable bonds is 11. The molecular formula is C27H29ClFN5O5. The summed E-state index contributed by atoms with van der Waals surface area (Å²) >= 11 is 5.91. The normalized spacial score (nSPS) is 15.8. The third-order valence-corrected chi connectivity index (χ3v) is 6.20. The molecule has 1 aromatic heterocycles. The quantitative estimate of drug-likeness (QED) is 0.211. The van der Waals surface area contributed by atoms with Crippen molar-refractivity contribution in [1.29, 1.82) is 0 Å². The van der Waals surface area contributed by atoms with Crippen LogP contribution in [-0.2, 0) is 19.2 Å². The fourth-order valence-corrected chi connectivity index (χ4v) is 4.05. The maximum atomic E-state index is 13.6. The van der Waals surface area contributed by atoms with E-state index in [0.717, 1.165) is 25.3 Å². The molecule has 2 heterocycles. The van der Waals surface area contributed by atoms with Crippen molar-refractivity contribution in [1.82, 2.24) is 15.4 Å². The number of carbonyl (C=O) groups is 2. The zero-order valence-corrected chi connectivity index (χ0v) is 22.1. The van der Waals surface area contributed by atoms with Crippen LogP contribution in [-0.4, -0.2) is 40.8 Å². The van der Waals surface area contributed by atoms with Gasteiger partial charge >= 0.3 is 0 Å². The number of aromatic nitrogens is 2. The van der Waals surface area contributed by atoms with Gasteiger partial charge in [-0.25, -0.2) is 24.7 Å². The van der Waals surface area contributed by atoms with Gasteiger partial charge < -0.3 is 20.1 Å². The Morgan fingerprint density at radius 3 is 2.87 bits per heavy atom. The molecule has 2 amide bonds. The van der Waals surface area contributed by atoms with E-state index in [2.05, 4.69) is 32.7 Å². The Morgan fingerprint density at radius 2 is 2.13 bits per heavy atom. The van der Waals surface area contributed by atoms with Gasteiger partial charge in [0.1, 0.15) is 23.7 Å². The predicted octanol–water partition coefficient (Wildman–Crippen LogP) is 5.41. The molecule has 0 bridgehead atoms. The minimum absolute atomic E-state index is 0.0375. The van der Waals surface area contributed by atoms with Gasteiger partial charge in [0.05, 0.1) is 22.3 Å². The van der Waals surface area contributed by atoms with Crippen molar-refractivity contribution in [3.63, 3.8) is 0 Å². The first kappa shape index (κ1) is 28.2. The second-order valence-corrected chi connectivity index (χ2v) is 9.35. The Labute approximate surface area is 229 Å². The molecular weight excluding hydrogens is 529 g/mol. The van der Waals surface area contributed by atoms with Crippen molar-refractivity contribution in [3.05, 3.63) is 60.2 Å². The molecule has 12 heteroatoms. The molecule has 3 aromatic rings. The Hall–Kier alpha value is -3.80. The Bertz CT molecular complexity index is 1350. The van der Waals surface area contributed by atoms with Crippen molar-refractivity contribution in [3.8, 4) is 5.75 Å². The molecule has 206 valence electrons. The van der Waals surface area contributed by atoms with Gasteiger partial charge in [-0.3, -0.25) is 9.59 Å². The van der Waals surface area contributed by atoms with Gasteiger partial charge in [-0.15, -0.1) is 0 Å². The van der Waals surface area contributed by atoms with E-state index >= 15 is 0 Å². The zero-order chi connectivity index (χ0) is 27.8. The summed E-state index contributed by atoms with van der Waals surface area (Å²) in [5.74, 6) is -0.502. The highest BCUT2D eigenvalue weighted by Crippen LogP contribution is 2.34. The molecule has 39 heavy (non-hydrogen) atoms.